The first-order chi connectivity index (χ1) is 40.2. The van der Waals surface area contributed by atoms with Crippen molar-refractivity contribution in [3.05, 3.63) is 158 Å². The molecule has 11 heteroatoms. The first-order valence-corrected chi connectivity index (χ1v) is 31.8. The van der Waals surface area contributed by atoms with Gasteiger partial charge < -0.3 is 45.1 Å². The molecule has 0 aromatic rings. The van der Waals surface area contributed by atoms with E-state index >= 15 is 0 Å². The number of amides is 1. The summed E-state index contributed by atoms with van der Waals surface area (Å²) in [6.45, 7) is 5.49. The number of aliphatic hydroxyl groups excluding tert-OH is 5. The van der Waals surface area contributed by atoms with Crippen molar-refractivity contribution >= 4 is 11.9 Å². The van der Waals surface area contributed by atoms with Gasteiger partial charge in [-0.1, -0.05) is 249 Å². The van der Waals surface area contributed by atoms with Gasteiger partial charge in [-0.15, -0.1) is 0 Å². The van der Waals surface area contributed by atoms with Crippen LogP contribution in [0.3, 0.4) is 0 Å². The van der Waals surface area contributed by atoms with Crippen LogP contribution in [0.5, 0.6) is 0 Å². The fourth-order valence-corrected chi connectivity index (χ4v) is 8.74. The zero-order valence-electron chi connectivity index (χ0n) is 51.0. The third kappa shape index (κ3) is 43.9. The number of nitrogens with one attached hydrogen (secondary N) is 1. The number of allylic oxidation sites excluding steroid dienone is 25. The molecular formula is C71H113NO10. The molecule has 82 heavy (non-hydrogen) atoms. The summed E-state index contributed by atoms with van der Waals surface area (Å²) in [4.78, 5) is 26.5. The SMILES string of the molecule is CC/C=C\C/C=C\C/C=C\C/C=C\C/C=C\C/C=C\CCCCCC(O)C(=O)NC(COC1OC(CO)C(O)C(O)C1OC(=O)CC/C=C\C/C=C\C/C=C\C/C=C\C/C=C\C/C=C\CC)C(O)/C=C/CCCCCCCCCCCC. The Balaban J connectivity index is 2.74. The fraction of sp³-hybridized carbons (Fsp3) is 0.606. The van der Waals surface area contributed by atoms with E-state index in [1.807, 2.05) is 18.2 Å². The zero-order valence-corrected chi connectivity index (χ0v) is 51.0. The Bertz CT molecular complexity index is 1940. The van der Waals surface area contributed by atoms with Crippen LogP contribution in [0.2, 0.25) is 0 Å². The molecule has 0 aromatic carbocycles. The van der Waals surface area contributed by atoms with E-state index in [9.17, 15) is 35.1 Å². The fourth-order valence-electron chi connectivity index (χ4n) is 8.74. The summed E-state index contributed by atoms with van der Waals surface area (Å²) in [7, 11) is 0. The number of unbranched alkanes of at least 4 members (excludes halogenated alkanes) is 13. The van der Waals surface area contributed by atoms with Crippen molar-refractivity contribution in [2.75, 3.05) is 13.2 Å². The second-order valence-corrected chi connectivity index (χ2v) is 21.0. The quantitative estimate of drug-likeness (QED) is 0.0195. The minimum atomic E-state index is -1.66. The minimum Gasteiger partial charge on any atom is -0.454 e. The van der Waals surface area contributed by atoms with Crippen LogP contribution in [0.1, 0.15) is 213 Å². The molecule has 0 radical (unpaired) electrons. The number of rotatable bonds is 51. The summed E-state index contributed by atoms with van der Waals surface area (Å²) in [5.41, 5.74) is 0. The molecule has 8 unspecified atom stereocenters. The van der Waals surface area contributed by atoms with E-state index in [-0.39, 0.29) is 19.4 Å². The first kappa shape index (κ1) is 75.3. The van der Waals surface area contributed by atoms with Crippen molar-refractivity contribution in [2.45, 2.75) is 262 Å². The van der Waals surface area contributed by atoms with E-state index in [1.54, 1.807) is 6.08 Å². The third-order valence-electron chi connectivity index (χ3n) is 13.7. The Morgan fingerprint density at radius 1 is 0.488 bits per heavy atom. The number of hydrogen-bond donors (Lipinski definition) is 6. The van der Waals surface area contributed by atoms with Gasteiger partial charge in [0.2, 0.25) is 5.91 Å². The van der Waals surface area contributed by atoms with Crippen LogP contribution >= 0.6 is 0 Å². The Labute approximate surface area is 497 Å². The Morgan fingerprint density at radius 3 is 1.32 bits per heavy atom. The molecule has 462 valence electrons. The lowest BCUT2D eigenvalue weighted by molar-refractivity contribution is -0.305. The number of aliphatic hydroxyl groups is 5. The third-order valence-corrected chi connectivity index (χ3v) is 13.7. The highest BCUT2D eigenvalue weighted by molar-refractivity contribution is 5.80. The molecule has 1 aliphatic heterocycles. The molecule has 0 saturated carbocycles. The topological polar surface area (TPSA) is 175 Å². The van der Waals surface area contributed by atoms with Crippen molar-refractivity contribution in [1.82, 2.24) is 5.32 Å². The predicted molar refractivity (Wildman–Crippen MR) is 342 cm³/mol. The van der Waals surface area contributed by atoms with Gasteiger partial charge in [-0.25, -0.2) is 0 Å². The van der Waals surface area contributed by atoms with Gasteiger partial charge in [-0.2, -0.15) is 0 Å². The summed E-state index contributed by atoms with van der Waals surface area (Å²) in [5, 5.41) is 57.0. The summed E-state index contributed by atoms with van der Waals surface area (Å²) in [5.74, 6) is -1.32. The predicted octanol–water partition coefficient (Wildman–Crippen LogP) is 15.6. The summed E-state index contributed by atoms with van der Waals surface area (Å²) in [6.07, 6.45) is 72.9. The molecule has 1 heterocycles. The van der Waals surface area contributed by atoms with E-state index in [0.29, 0.717) is 19.3 Å². The second-order valence-electron chi connectivity index (χ2n) is 21.0. The Morgan fingerprint density at radius 2 is 0.878 bits per heavy atom. The van der Waals surface area contributed by atoms with Crippen LogP contribution in [-0.4, -0.2) is 99.6 Å². The largest absolute Gasteiger partial charge is 0.454 e. The lowest BCUT2D eigenvalue weighted by Crippen LogP contribution is -2.61. The minimum absolute atomic E-state index is 0.0146. The van der Waals surface area contributed by atoms with Crippen molar-refractivity contribution in [2.24, 2.45) is 0 Å². The molecule has 1 fully saturated rings. The summed E-state index contributed by atoms with van der Waals surface area (Å²) < 4.78 is 17.5. The molecule has 1 saturated heterocycles. The van der Waals surface area contributed by atoms with Crippen LogP contribution in [0.15, 0.2) is 158 Å². The maximum absolute atomic E-state index is 13.4. The highest BCUT2D eigenvalue weighted by atomic mass is 16.7. The normalized spacial score (nSPS) is 19.7. The Hall–Kier alpha value is -4.72. The van der Waals surface area contributed by atoms with Gasteiger partial charge in [0, 0.05) is 6.42 Å². The van der Waals surface area contributed by atoms with Crippen molar-refractivity contribution in [3.8, 4) is 0 Å². The van der Waals surface area contributed by atoms with Gasteiger partial charge in [0.05, 0.1) is 25.4 Å². The van der Waals surface area contributed by atoms with Crippen molar-refractivity contribution < 1.29 is 49.3 Å². The average molecular weight is 1140 g/mol. The van der Waals surface area contributed by atoms with Gasteiger partial charge in [0.15, 0.2) is 12.4 Å². The van der Waals surface area contributed by atoms with Crippen LogP contribution in [-0.2, 0) is 23.8 Å². The molecule has 0 aromatic heterocycles. The first-order valence-electron chi connectivity index (χ1n) is 31.8. The number of esters is 1. The molecule has 6 N–H and O–H groups in total. The summed E-state index contributed by atoms with van der Waals surface area (Å²) in [6, 6.07) is -1.07. The van der Waals surface area contributed by atoms with Crippen LogP contribution in [0.25, 0.3) is 0 Å². The highest BCUT2D eigenvalue weighted by Gasteiger charge is 2.47. The van der Waals surface area contributed by atoms with Crippen molar-refractivity contribution in [3.63, 3.8) is 0 Å². The van der Waals surface area contributed by atoms with Crippen LogP contribution in [0, 0.1) is 0 Å². The molecule has 0 spiro atoms. The highest BCUT2D eigenvalue weighted by Crippen LogP contribution is 2.26. The molecule has 1 rings (SSSR count). The molecule has 1 aliphatic rings. The van der Waals surface area contributed by atoms with Crippen LogP contribution < -0.4 is 5.32 Å². The van der Waals surface area contributed by atoms with E-state index < -0.39 is 67.4 Å². The van der Waals surface area contributed by atoms with E-state index in [4.69, 9.17) is 14.2 Å². The number of carbonyl (C=O) groups excluding carboxylic acids is 2. The Kier molecular flexibility index (Phi) is 52.1. The van der Waals surface area contributed by atoms with E-state index in [1.165, 1.54) is 44.9 Å². The molecule has 0 aliphatic carbocycles. The second kappa shape index (κ2) is 56.7. The molecule has 0 bridgehead atoms. The van der Waals surface area contributed by atoms with Gasteiger partial charge >= 0.3 is 5.97 Å². The molecule has 8 atom stereocenters. The lowest BCUT2D eigenvalue weighted by Gasteiger charge is -2.41. The molecule has 11 nitrogen and oxygen atoms in total. The van der Waals surface area contributed by atoms with Crippen LogP contribution in [0.4, 0.5) is 0 Å². The summed E-state index contributed by atoms with van der Waals surface area (Å²) >= 11 is 0. The molecular weight excluding hydrogens is 1030 g/mol. The standard InChI is InChI=1S/C71H113NO10/c1-4-7-10-13-16-19-22-25-27-29-31-32-33-35-36-38-40-43-46-49-52-55-58-64(75)70(79)72-62(63(74)57-54-51-48-45-42-24-21-18-15-12-9-6-3)61-80-71-69(68(78)67(77)65(60-73)81-71)82-66(76)59-56-53-50-47-44-41-39-37-34-30-28-26-23-20-17-14-11-8-5-2/h7-8,10-11,16-17,19-20,25-28,31-32,34-37,40-41,43-44,50,53-54,57,62-65,67-69,71,73-75,77-78H,4-6,9,12-15,18,21-24,29-30,33,38-39,42,45-49,51-52,55-56,58-61H2,1-3H3,(H,72,79)/b10-7-,11-8-,19-16-,20-17-,27-25-,28-26-,32-31-,36-35-,37-34-,43-40-,44-41-,53-50-,57-54+. The maximum atomic E-state index is 13.4. The zero-order chi connectivity index (χ0) is 59.6. The van der Waals surface area contributed by atoms with Gasteiger partial charge in [-0.05, 0) is 116 Å². The monoisotopic (exact) mass is 1140 g/mol. The molecule has 1 amide bonds. The van der Waals surface area contributed by atoms with Gasteiger partial charge in [-0.3, -0.25) is 9.59 Å². The van der Waals surface area contributed by atoms with E-state index in [0.717, 1.165) is 116 Å². The van der Waals surface area contributed by atoms with Gasteiger partial charge in [0.25, 0.3) is 0 Å². The average Bonchev–Trinajstić information content (AvgIpc) is 3.68. The number of hydrogen-bond acceptors (Lipinski definition) is 10. The lowest BCUT2D eigenvalue weighted by atomic mass is 9.99. The van der Waals surface area contributed by atoms with Gasteiger partial charge in [0.1, 0.15) is 24.4 Å². The smallest absolute Gasteiger partial charge is 0.306 e. The number of ether oxygens (including phenoxy) is 3. The van der Waals surface area contributed by atoms with E-state index in [2.05, 4.69) is 160 Å². The maximum Gasteiger partial charge on any atom is 0.306 e. The van der Waals surface area contributed by atoms with Crippen molar-refractivity contribution in [1.29, 1.82) is 0 Å². The number of carbonyl (C=O) groups is 2.